The van der Waals surface area contributed by atoms with Crippen molar-refractivity contribution in [1.29, 1.82) is 0 Å². The topological polar surface area (TPSA) is 76.3 Å². The van der Waals surface area contributed by atoms with Crippen LogP contribution in [0.3, 0.4) is 0 Å². The van der Waals surface area contributed by atoms with Crippen molar-refractivity contribution < 1.29 is 4.74 Å². The lowest BCUT2D eigenvalue weighted by molar-refractivity contribution is 0.454. The van der Waals surface area contributed by atoms with Gasteiger partial charge in [-0.25, -0.2) is 10.4 Å². The summed E-state index contributed by atoms with van der Waals surface area (Å²) in [5, 5.41) is 12.9. The number of nitrogens with zero attached hydrogens (tertiary/aromatic N) is 3. The molecule has 0 aliphatic carbocycles. The molecule has 7 heteroatoms. The highest BCUT2D eigenvalue weighted by Gasteiger charge is 2.22. The molecule has 1 aromatic heterocycles. The second kappa shape index (κ2) is 6.76. The molecule has 2 aliphatic rings. The third kappa shape index (κ3) is 2.71. The van der Waals surface area contributed by atoms with Gasteiger partial charge in [0.2, 0.25) is 0 Å². The Bertz CT molecular complexity index is 1340. The van der Waals surface area contributed by atoms with Crippen molar-refractivity contribution in [3.8, 4) is 22.8 Å². The number of anilines is 1. The number of para-hydroxylation sites is 1. The Balaban J connectivity index is 1.46. The summed E-state index contributed by atoms with van der Waals surface area (Å²) in [4.78, 5) is 2.17. The van der Waals surface area contributed by atoms with Gasteiger partial charge in [-0.2, -0.15) is 0 Å². The maximum atomic E-state index is 6.11. The fourth-order valence-electron chi connectivity index (χ4n) is 3.76. The van der Waals surface area contributed by atoms with Gasteiger partial charge in [0.05, 0.1) is 9.79 Å². The fourth-order valence-corrected chi connectivity index (χ4v) is 4.75. The van der Waals surface area contributed by atoms with E-state index in [1.807, 2.05) is 54.6 Å². The van der Waals surface area contributed by atoms with Crippen molar-refractivity contribution in [2.75, 3.05) is 11.6 Å². The number of fused-ring (bicyclic) bond motifs is 3. The standard InChI is InChI=1S/C23H17N5OS/c24-21-11-12-25-28(21)23-16-6-2-1-5-15(16)22(26-27-23)14-9-10-18-20(13-14)30-19-8-4-3-7-17(19)29-18/h1-11,13,25H,12,24H2. The number of nitrogens with one attached hydrogen (secondary N) is 1. The number of aromatic nitrogens is 2. The summed E-state index contributed by atoms with van der Waals surface area (Å²) >= 11 is 1.71. The molecule has 0 radical (unpaired) electrons. The van der Waals surface area contributed by atoms with E-state index in [1.165, 1.54) is 0 Å². The van der Waals surface area contributed by atoms with Gasteiger partial charge in [0.15, 0.2) is 5.82 Å². The second-order valence-electron chi connectivity index (χ2n) is 7.06. The lowest BCUT2D eigenvalue weighted by Crippen LogP contribution is -2.35. The van der Waals surface area contributed by atoms with Crippen LogP contribution in [0.25, 0.3) is 22.0 Å². The molecule has 3 N–H and O–H groups in total. The molecule has 0 unspecified atom stereocenters. The maximum Gasteiger partial charge on any atom is 0.179 e. The molecule has 3 heterocycles. The number of ether oxygens (including phenoxy) is 1. The van der Waals surface area contributed by atoms with Gasteiger partial charge in [-0.15, -0.1) is 10.2 Å². The largest absolute Gasteiger partial charge is 0.455 e. The van der Waals surface area contributed by atoms with Gasteiger partial charge < -0.3 is 10.5 Å². The Morgan fingerprint density at radius 2 is 1.70 bits per heavy atom. The van der Waals surface area contributed by atoms with Crippen LogP contribution in [0, 0.1) is 0 Å². The van der Waals surface area contributed by atoms with Gasteiger partial charge in [0.1, 0.15) is 23.0 Å². The first-order chi connectivity index (χ1) is 14.8. The monoisotopic (exact) mass is 411 g/mol. The Kier molecular flexibility index (Phi) is 3.90. The van der Waals surface area contributed by atoms with Crippen molar-refractivity contribution in [2.45, 2.75) is 9.79 Å². The zero-order valence-electron chi connectivity index (χ0n) is 15.9. The average Bonchev–Trinajstić information content (AvgIpc) is 3.22. The van der Waals surface area contributed by atoms with Gasteiger partial charge >= 0.3 is 0 Å². The zero-order valence-corrected chi connectivity index (χ0v) is 16.7. The molecular weight excluding hydrogens is 394 g/mol. The normalized spacial score (nSPS) is 14.8. The lowest BCUT2D eigenvalue weighted by Gasteiger charge is -2.21. The molecule has 0 atom stereocenters. The third-order valence-corrected chi connectivity index (χ3v) is 6.30. The van der Waals surface area contributed by atoms with E-state index in [0.29, 0.717) is 18.2 Å². The van der Waals surface area contributed by atoms with Crippen LogP contribution >= 0.6 is 11.8 Å². The predicted octanol–water partition coefficient (Wildman–Crippen LogP) is 4.68. The van der Waals surface area contributed by atoms with Crippen LogP contribution in [-0.4, -0.2) is 16.7 Å². The van der Waals surface area contributed by atoms with Crippen LogP contribution in [0.2, 0.25) is 0 Å². The molecule has 30 heavy (non-hydrogen) atoms. The van der Waals surface area contributed by atoms with Crippen molar-refractivity contribution in [3.05, 3.63) is 78.6 Å². The van der Waals surface area contributed by atoms with Crippen molar-refractivity contribution in [2.24, 2.45) is 5.73 Å². The number of hydrogen-bond donors (Lipinski definition) is 2. The molecular formula is C23H17N5OS. The lowest BCUT2D eigenvalue weighted by atomic mass is 10.0. The molecule has 0 fully saturated rings. The van der Waals surface area contributed by atoms with E-state index in [9.17, 15) is 0 Å². The van der Waals surface area contributed by atoms with Gasteiger partial charge in [0.25, 0.3) is 0 Å². The highest BCUT2D eigenvalue weighted by Crippen LogP contribution is 2.48. The Morgan fingerprint density at radius 1 is 0.900 bits per heavy atom. The van der Waals surface area contributed by atoms with Crippen LogP contribution < -0.4 is 20.9 Å². The van der Waals surface area contributed by atoms with Crippen molar-refractivity contribution >= 4 is 28.4 Å². The summed E-state index contributed by atoms with van der Waals surface area (Å²) < 4.78 is 6.06. The fraction of sp³-hybridized carbons (Fsp3) is 0.0435. The first kappa shape index (κ1) is 17.3. The van der Waals surface area contributed by atoms with E-state index in [4.69, 9.17) is 10.5 Å². The number of hydrogen-bond acceptors (Lipinski definition) is 7. The molecule has 0 bridgehead atoms. The smallest absolute Gasteiger partial charge is 0.179 e. The van der Waals surface area contributed by atoms with E-state index >= 15 is 0 Å². The number of rotatable bonds is 2. The summed E-state index contributed by atoms with van der Waals surface area (Å²) in [6, 6.07) is 22.3. The summed E-state index contributed by atoms with van der Waals surface area (Å²) in [5.41, 5.74) is 11.2. The molecule has 6 rings (SSSR count). The average molecular weight is 411 g/mol. The predicted molar refractivity (Wildman–Crippen MR) is 118 cm³/mol. The minimum Gasteiger partial charge on any atom is -0.455 e. The Hall–Kier alpha value is -3.55. The minimum absolute atomic E-state index is 0.628. The SMILES string of the molecule is NC1=CCNN1c1nnc(-c2ccc3c(c2)Sc2ccccc2O3)c2ccccc12. The van der Waals surface area contributed by atoms with Crippen LogP contribution in [0.4, 0.5) is 5.82 Å². The maximum absolute atomic E-state index is 6.11. The van der Waals surface area contributed by atoms with Gasteiger partial charge in [-0.3, -0.25) is 0 Å². The second-order valence-corrected chi connectivity index (χ2v) is 8.14. The van der Waals surface area contributed by atoms with Gasteiger partial charge in [0, 0.05) is 22.9 Å². The molecule has 2 aliphatic heterocycles. The molecule has 0 spiro atoms. The molecule has 146 valence electrons. The van der Waals surface area contributed by atoms with E-state index in [-0.39, 0.29) is 0 Å². The number of benzene rings is 3. The van der Waals surface area contributed by atoms with Crippen molar-refractivity contribution in [3.63, 3.8) is 0 Å². The van der Waals surface area contributed by atoms with E-state index < -0.39 is 0 Å². The number of hydrazine groups is 1. The molecule has 6 nitrogen and oxygen atoms in total. The Morgan fingerprint density at radius 3 is 2.57 bits per heavy atom. The quantitative estimate of drug-likeness (QED) is 0.437. The zero-order chi connectivity index (χ0) is 20.1. The summed E-state index contributed by atoms with van der Waals surface area (Å²) in [6.07, 6.45) is 1.92. The summed E-state index contributed by atoms with van der Waals surface area (Å²) in [7, 11) is 0. The van der Waals surface area contributed by atoms with E-state index in [0.717, 1.165) is 43.3 Å². The highest BCUT2D eigenvalue weighted by atomic mass is 32.2. The van der Waals surface area contributed by atoms with Crippen LogP contribution in [-0.2, 0) is 0 Å². The van der Waals surface area contributed by atoms with Gasteiger partial charge in [-0.1, -0.05) is 48.2 Å². The van der Waals surface area contributed by atoms with Crippen LogP contribution in [0.1, 0.15) is 0 Å². The molecule has 0 saturated carbocycles. The summed E-state index contributed by atoms with van der Waals surface area (Å²) in [5.74, 6) is 3.07. The third-order valence-electron chi connectivity index (χ3n) is 5.20. The molecule has 4 aromatic rings. The van der Waals surface area contributed by atoms with Gasteiger partial charge in [-0.05, 0) is 36.4 Å². The Labute approximate surface area is 177 Å². The molecule has 0 amide bonds. The van der Waals surface area contributed by atoms with E-state index in [1.54, 1.807) is 16.8 Å². The summed E-state index contributed by atoms with van der Waals surface area (Å²) in [6.45, 7) is 0.674. The first-order valence-corrected chi connectivity index (χ1v) is 10.4. The molecule has 3 aromatic carbocycles. The first-order valence-electron chi connectivity index (χ1n) is 9.62. The van der Waals surface area contributed by atoms with Crippen molar-refractivity contribution in [1.82, 2.24) is 15.6 Å². The molecule has 0 saturated heterocycles. The number of nitrogens with two attached hydrogens (primary N) is 1. The van der Waals surface area contributed by atoms with Crippen LogP contribution in [0.5, 0.6) is 11.5 Å². The van der Waals surface area contributed by atoms with Crippen LogP contribution in [0.15, 0.2) is 88.4 Å². The minimum atomic E-state index is 0.628. The highest BCUT2D eigenvalue weighted by molar-refractivity contribution is 7.99. The van der Waals surface area contributed by atoms with E-state index in [2.05, 4.69) is 33.8 Å².